The van der Waals surface area contributed by atoms with Gasteiger partial charge in [0.05, 0.1) is 11.2 Å². The number of benzene rings is 1. The summed E-state index contributed by atoms with van der Waals surface area (Å²) in [5, 5.41) is 8.98. The molecule has 2 aromatic rings. The number of carbonyl (C=O) groups excluding carboxylic acids is 1. The smallest absolute Gasteiger partial charge is 0.223 e. The van der Waals surface area contributed by atoms with Gasteiger partial charge in [0.25, 0.3) is 0 Å². The molecular weight excluding hydrogens is 298 g/mol. The highest BCUT2D eigenvalue weighted by Crippen LogP contribution is 2.39. The Morgan fingerprint density at radius 2 is 1.88 bits per heavy atom. The largest absolute Gasteiger partial charge is 0.345 e. The molecule has 4 nitrogen and oxygen atoms in total. The highest BCUT2D eigenvalue weighted by molar-refractivity contribution is 5.86. The molecule has 2 heterocycles. The minimum absolute atomic E-state index is 0.149. The standard InChI is InChI=1S/C20H25N3O/c1-20(2,18-17-6-4-3-5-13(17)7-8-22-18)23-19(24)14-9-15-11-21-12-16(15)10-14/h3-8,14-16,21H,9-12H2,1-2H3,(H,23,24)/t14-,15+,16-. The zero-order valence-corrected chi connectivity index (χ0v) is 14.4. The first-order valence-corrected chi connectivity index (χ1v) is 8.91. The van der Waals surface area contributed by atoms with Crippen molar-refractivity contribution in [3.63, 3.8) is 0 Å². The number of carbonyl (C=O) groups is 1. The number of fused-ring (bicyclic) bond motifs is 2. The van der Waals surface area contributed by atoms with Gasteiger partial charge in [0.1, 0.15) is 0 Å². The van der Waals surface area contributed by atoms with Crippen LogP contribution >= 0.6 is 0 Å². The molecule has 2 fully saturated rings. The average molecular weight is 323 g/mol. The van der Waals surface area contributed by atoms with E-state index in [1.807, 2.05) is 24.4 Å². The van der Waals surface area contributed by atoms with E-state index in [-0.39, 0.29) is 11.8 Å². The van der Waals surface area contributed by atoms with E-state index >= 15 is 0 Å². The number of amides is 1. The first-order valence-electron chi connectivity index (χ1n) is 8.91. The number of pyridine rings is 1. The number of hydrogen-bond acceptors (Lipinski definition) is 3. The number of aromatic nitrogens is 1. The molecule has 4 rings (SSSR count). The van der Waals surface area contributed by atoms with E-state index in [2.05, 4.69) is 41.6 Å². The molecule has 2 N–H and O–H groups in total. The van der Waals surface area contributed by atoms with Crippen molar-refractivity contribution in [2.24, 2.45) is 17.8 Å². The molecule has 1 aliphatic heterocycles. The first-order chi connectivity index (χ1) is 11.5. The van der Waals surface area contributed by atoms with E-state index in [4.69, 9.17) is 0 Å². The zero-order valence-electron chi connectivity index (χ0n) is 14.4. The number of nitrogens with zero attached hydrogens (tertiary/aromatic N) is 1. The van der Waals surface area contributed by atoms with Crippen LogP contribution in [0.4, 0.5) is 0 Å². The number of hydrogen-bond donors (Lipinski definition) is 2. The van der Waals surface area contributed by atoms with E-state index in [0.717, 1.165) is 42.4 Å². The maximum absolute atomic E-state index is 12.8. The van der Waals surface area contributed by atoms with Crippen LogP contribution in [-0.2, 0) is 10.3 Å². The van der Waals surface area contributed by atoms with Crippen molar-refractivity contribution in [1.82, 2.24) is 15.6 Å². The molecule has 1 amide bonds. The monoisotopic (exact) mass is 323 g/mol. The van der Waals surface area contributed by atoms with Crippen LogP contribution in [0.2, 0.25) is 0 Å². The first kappa shape index (κ1) is 15.6. The molecular formula is C20H25N3O. The van der Waals surface area contributed by atoms with Gasteiger partial charge in [0.2, 0.25) is 5.91 Å². The predicted octanol–water partition coefficient (Wildman–Crippen LogP) is 2.83. The van der Waals surface area contributed by atoms with E-state index in [9.17, 15) is 4.79 Å². The molecule has 0 bridgehead atoms. The molecule has 1 aromatic heterocycles. The van der Waals surface area contributed by atoms with Crippen LogP contribution in [-0.4, -0.2) is 24.0 Å². The van der Waals surface area contributed by atoms with Gasteiger partial charge in [-0.2, -0.15) is 0 Å². The van der Waals surface area contributed by atoms with Gasteiger partial charge >= 0.3 is 0 Å². The third-order valence-corrected chi connectivity index (χ3v) is 5.73. The molecule has 0 unspecified atom stereocenters. The Kier molecular flexibility index (Phi) is 3.80. The van der Waals surface area contributed by atoms with Gasteiger partial charge in [0, 0.05) is 17.5 Å². The van der Waals surface area contributed by atoms with Crippen molar-refractivity contribution in [2.45, 2.75) is 32.2 Å². The van der Waals surface area contributed by atoms with Crippen LogP contribution in [0.1, 0.15) is 32.4 Å². The van der Waals surface area contributed by atoms with Crippen molar-refractivity contribution in [3.8, 4) is 0 Å². The molecule has 3 atom stereocenters. The molecule has 1 saturated heterocycles. The molecule has 1 aliphatic carbocycles. The fraction of sp³-hybridized carbons (Fsp3) is 0.500. The van der Waals surface area contributed by atoms with Crippen LogP contribution < -0.4 is 10.6 Å². The molecule has 24 heavy (non-hydrogen) atoms. The Balaban J connectivity index is 1.55. The van der Waals surface area contributed by atoms with Gasteiger partial charge < -0.3 is 10.6 Å². The van der Waals surface area contributed by atoms with Gasteiger partial charge in [-0.25, -0.2) is 0 Å². The highest BCUT2D eigenvalue weighted by Gasteiger charge is 2.41. The van der Waals surface area contributed by atoms with E-state index in [1.165, 1.54) is 0 Å². The lowest BCUT2D eigenvalue weighted by Gasteiger charge is -2.28. The van der Waals surface area contributed by atoms with Gasteiger partial charge in [-0.3, -0.25) is 9.78 Å². The molecule has 4 heteroatoms. The lowest BCUT2D eigenvalue weighted by molar-refractivity contribution is -0.126. The summed E-state index contributed by atoms with van der Waals surface area (Å²) >= 11 is 0. The van der Waals surface area contributed by atoms with Gasteiger partial charge in [-0.05, 0) is 63.1 Å². The minimum atomic E-state index is -0.478. The van der Waals surface area contributed by atoms with Crippen molar-refractivity contribution < 1.29 is 4.79 Å². The summed E-state index contributed by atoms with van der Waals surface area (Å²) in [6.07, 6.45) is 3.86. The van der Waals surface area contributed by atoms with Crippen LogP contribution in [0.15, 0.2) is 36.5 Å². The lowest BCUT2D eigenvalue weighted by Crippen LogP contribution is -2.44. The summed E-state index contributed by atoms with van der Waals surface area (Å²) in [5.74, 6) is 1.69. The molecule has 1 aromatic carbocycles. The minimum Gasteiger partial charge on any atom is -0.345 e. The highest BCUT2D eigenvalue weighted by atomic mass is 16.2. The van der Waals surface area contributed by atoms with Crippen LogP contribution in [0.3, 0.4) is 0 Å². The molecule has 126 valence electrons. The Morgan fingerprint density at radius 3 is 2.62 bits per heavy atom. The fourth-order valence-electron chi connectivity index (χ4n) is 4.47. The summed E-state index contributed by atoms with van der Waals surface area (Å²) < 4.78 is 0. The third-order valence-electron chi connectivity index (χ3n) is 5.73. The van der Waals surface area contributed by atoms with Crippen LogP contribution in [0.5, 0.6) is 0 Å². The summed E-state index contributed by atoms with van der Waals surface area (Å²) in [4.78, 5) is 17.4. The maximum atomic E-state index is 12.8. The summed E-state index contributed by atoms with van der Waals surface area (Å²) in [6, 6.07) is 10.2. The van der Waals surface area contributed by atoms with Gasteiger partial charge in [0.15, 0.2) is 0 Å². The van der Waals surface area contributed by atoms with Crippen molar-refractivity contribution in [1.29, 1.82) is 0 Å². The topological polar surface area (TPSA) is 54.0 Å². The summed E-state index contributed by atoms with van der Waals surface area (Å²) in [7, 11) is 0. The second kappa shape index (κ2) is 5.85. The predicted molar refractivity (Wildman–Crippen MR) is 95.5 cm³/mol. The van der Waals surface area contributed by atoms with Crippen LogP contribution in [0.25, 0.3) is 10.8 Å². The molecule has 0 spiro atoms. The molecule has 0 radical (unpaired) electrons. The van der Waals surface area contributed by atoms with Gasteiger partial charge in [-0.1, -0.05) is 24.3 Å². The summed E-state index contributed by atoms with van der Waals surface area (Å²) in [5.41, 5.74) is 0.460. The Labute approximate surface area is 143 Å². The second-order valence-corrected chi connectivity index (χ2v) is 7.84. The number of rotatable bonds is 3. The quantitative estimate of drug-likeness (QED) is 0.913. The normalized spacial score (nSPS) is 26.5. The summed E-state index contributed by atoms with van der Waals surface area (Å²) in [6.45, 7) is 6.25. The average Bonchev–Trinajstić information content (AvgIpc) is 3.15. The lowest BCUT2D eigenvalue weighted by atomic mass is 9.93. The van der Waals surface area contributed by atoms with E-state index < -0.39 is 5.54 Å². The molecule has 1 saturated carbocycles. The van der Waals surface area contributed by atoms with Crippen molar-refractivity contribution >= 4 is 16.7 Å². The molecule has 2 aliphatic rings. The van der Waals surface area contributed by atoms with Crippen molar-refractivity contribution in [3.05, 3.63) is 42.2 Å². The SMILES string of the molecule is CC(C)(NC(=O)[C@@H]1C[C@H]2CNC[C@H]2C1)c1nccc2ccccc12. The second-order valence-electron chi connectivity index (χ2n) is 7.84. The van der Waals surface area contributed by atoms with E-state index in [0.29, 0.717) is 11.8 Å². The van der Waals surface area contributed by atoms with E-state index in [1.54, 1.807) is 0 Å². The van der Waals surface area contributed by atoms with Gasteiger partial charge in [-0.15, -0.1) is 0 Å². The van der Waals surface area contributed by atoms with Crippen molar-refractivity contribution in [2.75, 3.05) is 13.1 Å². The Hall–Kier alpha value is -1.94. The third kappa shape index (κ3) is 2.69. The zero-order chi connectivity index (χ0) is 16.7. The Morgan fingerprint density at radius 1 is 1.17 bits per heavy atom. The fourth-order valence-corrected chi connectivity index (χ4v) is 4.47. The van der Waals surface area contributed by atoms with Crippen LogP contribution in [0, 0.1) is 17.8 Å². The Bertz CT molecular complexity index is 753. The number of nitrogens with one attached hydrogen (secondary N) is 2. The maximum Gasteiger partial charge on any atom is 0.223 e.